The Labute approximate surface area is 143 Å². The third kappa shape index (κ3) is 2.91. The van der Waals surface area contributed by atoms with Crippen LogP contribution in [-0.2, 0) is 10.0 Å². The van der Waals surface area contributed by atoms with E-state index < -0.39 is 10.0 Å². The Morgan fingerprint density at radius 3 is 2.88 bits per heavy atom. The molecule has 0 saturated heterocycles. The lowest BCUT2D eigenvalue weighted by Crippen LogP contribution is -2.15. The number of aromatic nitrogens is 3. The third-order valence-electron chi connectivity index (χ3n) is 3.43. The van der Waals surface area contributed by atoms with Crippen LogP contribution in [0.2, 0.25) is 5.02 Å². The Kier molecular flexibility index (Phi) is 4.13. The molecule has 0 saturated carbocycles. The molecule has 3 aromatic rings. The molecule has 0 atom stereocenters. The van der Waals surface area contributed by atoms with Crippen molar-refractivity contribution in [2.75, 3.05) is 10.5 Å². The van der Waals surface area contributed by atoms with Crippen LogP contribution in [0.1, 0.15) is 12.5 Å². The molecule has 9 heteroatoms. The summed E-state index contributed by atoms with van der Waals surface area (Å²) in [5.41, 5.74) is 2.43. The first-order chi connectivity index (χ1) is 11.4. The lowest BCUT2D eigenvalue weighted by molar-refractivity contribution is 0.602. The summed E-state index contributed by atoms with van der Waals surface area (Å²) >= 11 is 6.09. The molecular weight excluding hydrogens is 350 g/mol. The summed E-state index contributed by atoms with van der Waals surface area (Å²) in [7, 11) is -3.45. The van der Waals surface area contributed by atoms with Gasteiger partial charge in [-0.15, -0.1) is 0 Å². The van der Waals surface area contributed by atoms with Crippen LogP contribution in [-0.4, -0.2) is 28.8 Å². The number of hydrogen-bond donors (Lipinski definition) is 1. The molecule has 7 nitrogen and oxygen atoms in total. The number of sulfonamides is 1. The molecule has 0 spiro atoms. The average Bonchev–Trinajstić information content (AvgIpc) is 3.00. The van der Waals surface area contributed by atoms with Gasteiger partial charge in [-0.3, -0.25) is 4.72 Å². The second-order valence-electron chi connectivity index (χ2n) is 4.94. The summed E-state index contributed by atoms with van der Waals surface area (Å²) in [6, 6.07) is 8.72. The predicted molar refractivity (Wildman–Crippen MR) is 91.2 cm³/mol. The minimum absolute atomic E-state index is 0.0578. The number of anilines is 1. The van der Waals surface area contributed by atoms with Crippen LogP contribution in [0.3, 0.4) is 0 Å². The van der Waals surface area contributed by atoms with Crippen LogP contribution in [0.5, 0.6) is 0 Å². The normalized spacial score (nSPS) is 11.4. The smallest absolute Gasteiger partial charge is 0.232 e. The average molecular weight is 362 g/mol. The van der Waals surface area contributed by atoms with Crippen molar-refractivity contribution in [3.8, 4) is 17.3 Å². The molecule has 0 bridgehead atoms. The molecule has 24 heavy (non-hydrogen) atoms. The van der Waals surface area contributed by atoms with E-state index in [0.717, 1.165) is 0 Å². The highest BCUT2D eigenvalue weighted by molar-refractivity contribution is 7.92. The fourth-order valence-electron chi connectivity index (χ4n) is 2.19. The molecule has 0 aliphatic rings. The van der Waals surface area contributed by atoms with Crippen molar-refractivity contribution in [1.82, 2.24) is 14.6 Å². The standard InChI is InChI=1S/C15H12ClN5O2S/c1-2-24(22,23)20-13-7-10(3-4-12(13)16)14-5-6-18-15-11(8-17)9-19-21(14)15/h3-7,9,20H,2H2,1H3. The Morgan fingerprint density at radius 2 is 2.17 bits per heavy atom. The third-order valence-corrected chi connectivity index (χ3v) is 5.05. The lowest BCUT2D eigenvalue weighted by atomic mass is 10.1. The molecule has 0 radical (unpaired) electrons. The van der Waals surface area contributed by atoms with Gasteiger partial charge in [-0.05, 0) is 25.1 Å². The maximum absolute atomic E-state index is 11.8. The largest absolute Gasteiger partial charge is 0.282 e. The number of nitrogens with one attached hydrogen (secondary N) is 1. The molecule has 0 unspecified atom stereocenters. The van der Waals surface area contributed by atoms with Crippen molar-refractivity contribution in [1.29, 1.82) is 5.26 Å². The van der Waals surface area contributed by atoms with Gasteiger partial charge in [-0.25, -0.2) is 17.9 Å². The fraction of sp³-hybridized carbons (Fsp3) is 0.133. The predicted octanol–water partition coefficient (Wildman–Crippen LogP) is 2.68. The molecule has 0 aliphatic heterocycles. The molecule has 2 aromatic heterocycles. The van der Waals surface area contributed by atoms with Gasteiger partial charge in [0.05, 0.1) is 28.4 Å². The number of halogens is 1. The van der Waals surface area contributed by atoms with E-state index in [4.69, 9.17) is 16.9 Å². The molecular formula is C15H12ClN5O2S. The van der Waals surface area contributed by atoms with E-state index in [1.807, 2.05) is 6.07 Å². The summed E-state index contributed by atoms with van der Waals surface area (Å²) in [6.07, 6.45) is 3.00. The van der Waals surface area contributed by atoms with Crippen molar-refractivity contribution in [2.24, 2.45) is 0 Å². The van der Waals surface area contributed by atoms with Crippen LogP contribution < -0.4 is 4.72 Å². The van der Waals surface area contributed by atoms with Crippen molar-refractivity contribution in [2.45, 2.75) is 6.92 Å². The minimum atomic E-state index is -3.45. The van der Waals surface area contributed by atoms with Crippen LogP contribution >= 0.6 is 11.6 Å². The summed E-state index contributed by atoms with van der Waals surface area (Å²) < 4.78 is 27.6. The van der Waals surface area contributed by atoms with Gasteiger partial charge in [0, 0.05) is 11.8 Å². The zero-order valence-corrected chi connectivity index (χ0v) is 14.1. The van der Waals surface area contributed by atoms with Crippen LogP contribution in [0.4, 0.5) is 5.69 Å². The molecule has 2 heterocycles. The SMILES string of the molecule is CCS(=O)(=O)Nc1cc(-c2ccnc3c(C#N)cnn23)ccc1Cl. The van der Waals surface area contributed by atoms with Crippen molar-refractivity contribution in [3.05, 3.63) is 47.2 Å². The summed E-state index contributed by atoms with van der Waals surface area (Å²) in [4.78, 5) is 4.15. The van der Waals surface area contributed by atoms with Gasteiger partial charge >= 0.3 is 0 Å². The first kappa shape index (κ1) is 16.2. The molecule has 1 aromatic carbocycles. The van der Waals surface area contributed by atoms with E-state index >= 15 is 0 Å². The topological polar surface area (TPSA) is 100 Å². The number of hydrogen-bond acceptors (Lipinski definition) is 5. The van der Waals surface area contributed by atoms with Crippen molar-refractivity contribution < 1.29 is 8.42 Å². The second kappa shape index (κ2) is 6.11. The van der Waals surface area contributed by atoms with Gasteiger partial charge in [0.25, 0.3) is 0 Å². The molecule has 0 aliphatic carbocycles. The molecule has 3 rings (SSSR count). The van der Waals surface area contributed by atoms with Gasteiger partial charge in [-0.1, -0.05) is 17.7 Å². The summed E-state index contributed by atoms with van der Waals surface area (Å²) in [5, 5.41) is 13.5. The molecule has 0 fully saturated rings. The summed E-state index contributed by atoms with van der Waals surface area (Å²) in [6.45, 7) is 1.54. The van der Waals surface area contributed by atoms with Crippen LogP contribution in [0.25, 0.3) is 16.9 Å². The number of benzene rings is 1. The monoisotopic (exact) mass is 361 g/mol. The second-order valence-corrected chi connectivity index (χ2v) is 7.35. The fourth-order valence-corrected chi connectivity index (χ4v) is 3.06. The van der Waals surface area contributed by atoms with E-state index in [2.05, 4.69) is 14.8 Å². The number of rotatable bonds is 4. The zero-order valence-electron chi connectivity index (χ0n) is 12.6. The van der Waals surface area contributed by atoms with E-state index in [1.165, 1.54) is 10.7 Å². The van der Waals surface area contributed by atoms with Gasteiger partial charge in [0.15, 0.2) is 5.65 Å². The highest BCUT2D eigenvalue weighted by Gasteiger charge is 2.14. The molecule has 122 valence electrons. The molecule has 1 N–H and O–H groups in total. The number of nitriles is 1. The summed E-state index contributed by atoms with van der Waals surface area (Å²) in [5.74, 6) is -0.0578. The van der Waals surface area contributed by atoms with E-state index in [9.17, 15) is 8.42 Å². The first-order valence-corrected chi connectivity index (χ1v) is 9.01. The number of fused-ring (bicyclic) bond motifs is 1. The maximum atomic E-state index is 11.8. The quantitative estimate of drug-likeness (QED) is 0.770. The van der Waals surface area contributed by atoms with Crippen molar-refractivity contribution >= 4 is 33.0 Å². The Morgan fingerprint density at radius 1 is 1.38 bits per heavy atom. The van der Waals surface area contributed by atoms with Gasteiger partial charge in [-0.2, -0.15) is 10.4 Å². The minimum Gasteiger partial charge on any atom is -0.282 e. The zero-order chi connectivity index (χ0) is 17.3. The molecule has 0 amide bonds. The van der Waals surface area contributed by atoms with E-state index in [0.29, 0.717) is 27.5 Å². The Bertz CT molecular complexity index is 1070. The lowest BCUT2D eigenvalue weighted by Gasteiger charge is -2.11. The van der Waals surface area contributed by atoms with Crippen LogP contribution in [0, 0.1) is 11.3 Å². The Hall–Kier alpha value is -2.63. The van der Waals surface area contributed by atoms with Gasteiger partial charge in [0.2, 0.25) is 10.0 Å². The van der Waals surface area contributed by atoms with Crippen LogP contribution in [0.15, 0.2) is 36.7 Å². The van der Waals surface area contributed by atoms with Gasteiger partial charge < -0.3 is 0 Å². The highest BCUT2D eigenvalue weighted by Crippen LogP contribution is 2.29. The first-order valence-electron chi connectivity index (χ1n) is 6.98. The highest BCUT2D eigenvalue weighted by atomic mass is 35.5. The number of nitrogens with zero attached hydrogens (tertiary/aromatic N) is 4. The maximum Gasteiger partial charge on any atom is 0.232 e. The van der Waals surface area contributed by atoms with E-state index in [1.54, 1.807) is 37.4 Å². The van der Waals surface area contributed by atoms with Crippen molar-refractivity contribution in [3.63, 3.8) is 0 Å². The Balaban J connectivity index is 2.15. The van der Waals surface area contributed by atoms with Gasteiger partial charge in [0.1, 0.15) is 11.6 Å². The van der Waals surface area contributed by atoms with E-state index in [-0.39, 0.29) is 11.4 Å².